The number of aliphatic hydroxyl groups excluding tert-OH is 5. The van der Waals surface area contributed by atoms with Crippen LogP contribution in [0, 0.1) is 0 Å². The number of hydrogen-bond acceptors (Lipinski definition) is 10. The highest BCUT2D eigenvalue weighted by Gasteiger charge is 2.44. The maximum Gasteiger partial charge on any atom is 0.305 e. The van der Waals surface area contributed by atoms with E-state index in [1.165, 1.54) is 250 Å². The van der Waals surface area contributed by atoms with Gasteiger partial charge in [-0.25, -0.2) is 0 Å². The first-order chi connectivity index (χ1) is 42.2. The maximum atomic E-state index is 13.0. The number of nitrogens with one attached hydrogen (secondary N) is 1. The van der Waals surface area contributed by atoms with Gasteiger partial charge in [-0.05, 0) is 84.0 Å². The summed E-state index contributed by atoms with van der Waals surface area (Å²) in [5.74, 6) is -0.183. The van der Waals surface area contributed by atoms with Crippen LogP contribution >= 0.6 is 0 Å². The first-order valence-corrected chi connectivity index (χ1v) is 36.5. The molecule has 0 aromatic heterocycles. The Morgan fingerprint density at radius 2 is 0.837 bits per heavy atom. The van der Waals surface area contributed by atoms with Crippen molar-refractivity contribution in [1.29, 1.82) is 0 Å². The molecule has 1 aliphatic heterocycles. The van der Waals surface area contributed by atoms with Crippen LogP contribution in [0.15, 0.2) is 60.8 Å². The smallest absolute Gasteiger partial charge is 0.305 e. The predicted octanol–water partition coefficient (Wildman–Crippen LogP) is 18.9. The minimum atomic E-state index is -1.58. The van der Waals surface area contributed by atoms with Crippen LogP contribution in [-0.2, 0) is 23.8 Å². The Morgan fingerprint density at radius 1 is 0.453 bits per heavy atom. The third-order valence-corrected chi connectivity index (χ3v) is 17.2. The lowest BCUT2D eigenvalue weighted by atomic mass is 9.99. The van der Waals surface area contributed by atoms with Gasteiger partial charge in [-0.15, -0.1) is 0 Å². The number of esters is 1. The number of carbonyl (C=O) groups excluding carboxylic acids is 2. The van der Waals surface area contributed by atoms with Crippen LogP contribution in [0.25, 0.3) is 0 Å². The number of hydrogen-bond donors (Lipinski definition) is 6. The Hall–Kier alpha value is -2.64. The zero-order valence-electron chi connectivity index (χ0n) is 55.8. The molecule has 6 N–H and O–H groups in total. The van der Waals surface area contributed by atoms with Crippen LogP contribution in [0.5, 0.6) is 0 Å². The van der Waals surface area contributed by atoms with Crippen molar-refractivity contribution in [3.63, 3.8) is 0 Å². The molecule has 0 spiro atoms. The highest BCUT2D eigenvalue weighted by Crippen LogP contribution is 2.23. The molecular formula is C75H137NO10. The van der Waals surface area contributed by atoms with E-state index in [0.29, 0.717) is 19.4 Å². The number of amides is 1. The number of carbonyl (C=O) groups is 2. The fraction of sp³-hybridized carbons (Fsp3) is 0.840. The summed E-state index contributed by atoms with van der Waals surface area (Å²) >= 11 is 0. The molecule has 0 aromatic rings. The molecule has 0 radical (unpaired) electrons. The van der Waals surface area contributed by atoms with Gasteiger partial charge < -0.3 is 45.1 Å². The number of ether oxygens (including phenoxy) is 3. The van der Waals surface area contributed by atoms with Gasteiger partial charge in [0.2, 0.25) is 5.91 Å². The molecule has 0 aliphatic carbocycles. The summed E-state index contributed by atoms with van der Waals surface area (Å²) in [6, 6.07) is -0.832. The summed E-state index contributed by atoms with van der Waals surface area (Å²) in [7, 11) is 0. The third kappa shape index (κ3) is 52.2. The summed E-state index contributed by atoms with van der Waals surface area (Å²) in [5, 5.41) is 54.2. The van der Waals surface area contributed by atoms with Gasteiger partial charge >= 0.3 is 5.97 Å². The summed E-state index contributed by atoms with van der Waals surface area (Å²) in [6.45, 7) is 4.12. The van der Waals surface area contributed by atoms with Crippen molar-refractivity contribution in [2.75, 3.05) is 19.8 Å². The summed E-state index contributed by atoms with van der Waals surface area (Å²) in [4.78, 5) is 25.0. The lowest BCUT2D eigenvalue weighted by Crippen LogP contribution is -2.60. The maximum absolute atomic E-state index is 13.0. The monoisotopic (exact) mass is 1210 g/mol. The molecule has 7 unspecified atom stereocenters. The molecule has 1 amide bonds. The Morgan fingerprint density at radius 3 is 1.28 bits per heavy atom. The summed E-state index contributed by atoms with van der Waals surface area (Å²) < 4.78 is 16.7. The molecule has 86 heavy (non-hydrogen) atoms. The van der Waals surface area contributed by atoms with E-state index >= 15 is 0 Å². The van der Waals surface area contributed by atoms with E-state index in [2.05, 4.69) is 54.8 Å². The molecule has 0 bridgehead atoms. The van der Waals surface area contributed by atoms with Crippen molar-refractivity contribution in [2.45, 2.75) is 384 Å². The van der Waals surface area contributed by atoms with Gasteiger partial charge in [0.1, 0.15) is 24.4 Å². The number of allylic oxidation sites excluding steroid dienone is 9. The fourth-order valence-corrected chi connectivity index (χ4v) is 11.4. The fourth-order valence-electron chi connectivity index (χ4n) is 11.4. The van der Waals surface area contributed by atoms with Gasteiger partial charge in [-0.1, -0.05) is 305 Å². The number of aliphatic hydroxyl groups is 5. The van der Waals surface area contributed by atoms with Crippen LogP contribution in [0.1, 0.15) is 341 Å². The first-order valence-electron chi connectivity index (χ1n) is 36.5. The van der Waals surface area contributed by atoms with E-state index in [1.807, 2.05) is 19.1 Å². The first kappa shape index (κ1) is 81.4. The van der Waals surface area contributed by atoms with E-state index in [1.54, 1.807) is 6.08 Å². The molecule has 1 rings (SSSR count). The zero-order valence-corrected chi connectivity index (χ0v) is 55.8. The molecule has 11 heteroatoms. The highest BCUT2D eigenvalue weighted by atomic mass is 16.7. The molecular weight excluding hydrogens is 1070 g/mol. The van der Waals surface area contributed by atoms with Crippen molar-refractivity contribution in [3.05, 3.63) is 60.8 Å². The topological polar surface area (TPSA) is 175 Å². The van der Waals surface area contributed by atoms with Crippen LogP contribution in [0.2, 0.25) is 0 Å². The highest BCUT2D eigenvalue weighted by molar-refractivity contribution is 5.76. The third-order valence-electron chi connectivity index (χ3n) is 17.2. The molecule has 502 valence electrons. The average molecular weight is 1210 g/mol. The number of unbranched alkanes of at least 4 members (excludes halogenated alkanes) is 43. The summed E-state index contributed by atoms with van der Waals surface area (Å²) in [5.41, 5.74) is 0. The van der Waals surface area contributed by atoms with Gasteiger partial charge in [0.05, 0.1) is 32.0 Å². The van der Waals surface area contributed by atoms with Crippen molar-refractivity contribution >= 4 is 11.9 Å². The van der Waals surface area contributed by atoms with Gasteiger partial charge in [-0.2, -0.15) is 0 Å². The van der Waals surface area contributed by atoms with E-state index < -0.39 is 49.5 Å². The van der Waals surface area contributed by atoms with Crippen molar-refractivity contribution in [2.24, 2.45) is 0 Å². The van der Waals surface area contributed by atoms with Crippen molar-refractivity contribution in [1.82, 2.24) is 5.32 Å². The van der Waals surface area contributed by atoms with Gasteiger partial charge in [0, 0.05) is 12.8 Å². The minimum Gasteiger partial charge on any atom is -0.466 e. The molecule has 0 aromatic carbocycles. The molecule has 1 heterocycles. The van der Waals surface area contributed by atoms with Crippen molar-refractivity contribution < 1.29 is 49.3 Å². The van der Waals surface area contributed by atoms with E-state index in [4.69, 9.17) is 14.2 Å². The second kappa shape index (κ2) is 63.9. The lowest BCUT2D eigenvalue weighted by Gasteiger charge is -2.40. The molecule has 1 fully saturated rings. The summed E-state index contributed by atoms with van der Waals surface area (Å²) in [6.07, 6.45) is 75.6. The van der Waals surface area contributed by atoms with E-state index in [0.717, 1.165) is 64.2 Å². The van der Waals surface area contributed by atoms with Gasteiger partial charge in [0.15, 0.2) is 6.29 Å². The van der Waals surface area contributed by atoms with E-state index in [-0.39, 0.29) is 18.5 Å². The average Bonchev–Trinajstić information content (AvgIpc) is 2.71. The van der Waals surface area contributed by atoms with Crippen molar-refractivity contribution in [3.8, 4) is 0 Å². The van der Waals surface area contributed by atoms with Crippen LogP contribution in [0.4, 0.5) is 0 Å². The standard InChI is InChI=1S/C75H137NO10/c1-3-5-7-9-11-13-14-43-47-51-55-59-63-71(80)84-64-60-56-52-48-44-41-39-37-35-33-31-29-27-25-23-21-19-17-15-16-18-20-22-24-26-28-30-32-34-36-38-40-42-46-50-54-58-62-70(79)76-67(68(78)61-57-53-49-45-12-10-8-6-4-2)66-85-75-74(83)73(82)72(81)69(65-77)86-75/h4,6,12,15,17,21,23,45,57,61,67-69,72-75,77-78,81-83H,3,5,7-11,13-14,16,18-20,22,24-44,46-56,58-60,62-66H2,1-2H3,(H,76,79)/b6-4+,17-15-,23-21-,45-12+,61-57+. The molecule has 1 saturated heterocycles. The Kier molecular flexibility index (Phi) is 60.5. The quantitative estimate of drug-likeness (QED) is 0.0195. The lowest BCUT2D eigenvalue weighted by molar-refractivity contribution is -0.302. The Labute approximate surface area is 528 Å². The second-order valence-electron chi connectivity index (χ2n) is 25.3. The predicted molar refractivity (Wildman–Crippen MR) is 361 cm³/mol. The van der Waals surface area contributed by atoms with Crippen LogP contribution < -0.4 is 5.32 Å². The minimum absolute atomic E-state index is 0.0129. The number of rotatable bonds is 64. The Balaban J connectivity index is 1.90. The normalized spacial score (nSPS) is 18.2. The molecule has 0 saturated carbocycles. The van der Waals surface area contributed by atoms with E-state index in [9.17, 15) is 35.1 Å². The van der Waals surface area contributed by atoms with Gasteiger partial charge in [-0.3, -0.25) is 9.59 Å². The largest absolute Gasteiger partial charge is 0.466 e. The van der Waals surface area contributed by atoms with Crippen LogP contribution in [-0.4, -0.2) is 100 Å². The Bertz CT molecular complexity index is 1610. The van der Waals surface area contributed by atoms with Crippen LogP contribution in [0.3, 0.4) is 0 Å². The van der Waals surface area contributed by atoms with Gasteiger partial charge in [0.25, 0.3) is 0 Å². The SMILES string of the molecule is C/C=C/CC/C=C/CC/C=C/C(O)C(COC1OC(CO)C(O)C(O)C1O)NC(=O)CCCCCCCCCCCCCCCCCCC/C=C\C/C=C\CCCCCCCCCCCCCCCOC(=O)CCCCCCCCCCCCCC. The molecule has 7 atom stereocenters. The zero-order chi connectivity index (χ0) is 62.3. The second-order valence-corrected chi connectivity index (χ2v) is 25.3. The molecule has 1 aliphatic rings. The molecule has 11 nitrogen and oxygen atoms in total.